The molecule has 0 aliphatic carbocycles. The minimum absolute atomic E-state index is 0.269. The summed E-state index contributed by atoms with van der Waals surface area (Å²) in [5.74, 6) is 4.25. The number of fused-ring (bicyclic) bond motifs is 1. The van der Waals surface area contributed by atoms with Gasteiger partial charge in [0.2, 0.25) is 5.95 Å². The summed E-state index contributed by atoms with van der Waals surface area (Å²) < 4.78 is 0. The summed E-state index contributed by atoms with van der Waals surface area (Å²) in [5, 5.41) is 11.0. The molecule has 1 aliphatic heterocycles. The number of nitrogens with zero attached hydrogens (tertiary/aromatic N) is 3. The maximum atomic E-state index is 5.65. The van der Waals surface area contributed by atoms with Crippen LogP contribution in [0.25, 0.3) is 11.0 Å². The van der Waals surface area contributed by atoms with E-state index in [0.717, 1.165) is 23.7 Å². The summed E-state index contributed by atoms with van der Waals surface area (Å²) in [6.07, 6.45) is 2.99. The number of nitrogen functional groups attached to an aromatic ring is 1. The monoisotopic (exact) mass is 250 g/mol. The number of aromatic nitrogens is 4. The van der Waals surface area contributed by atoms with Crippen molar-refractivity contribution >= 4 is 34.6 Å². The molecule has 4 N–H and O–H groups in total. The summed E-state index contributed by atoms with van der Waals surface area (Å²) >= 11 is 2.01. The Morgan fingerprint density at radius 3 is 3.29 bits per heavy atom. The lowest BCUT2D eigenvalue weighted by Crippen LogP contribution is -2.15. The average Bonchev–Trinajstić information content (AvgIpc) is 2.95. The van der Waals surface area contributed by atoms with Crippen LogP contribution in [-0.2, 0) is 0 Å². The highest BCUT2D eigenvalue weighted by molar-refractivity contribution is 7.99. The van der Waals surface area contributed by atoms with Gasteiger partial charge in [0.25, 0.3) is 0 Å². The number of H-pyrrole nitrogens is 1. The number of rotatable bonds is 3. The minimum Gasteiger partial charge on any atom is -0.369 e. The van der Waals surface area contributed by atoms with E-state index in [1.807, 2.05) is 11.8 Å². The van der Waals surface area contributed by atoms with E-state index in [1.165, 1.54) is 17.9 Å². The van der Waals surface area contributed by atoms with E-state index >= 15 is 0 Å². The molecule has 6 nitrogen and oxygen atoms in total. The summed E-state index contributed by atoms with van der Waals surface area (Å²) in [7, 11) is 0. The lowest BCUT2D eigenvalue weighted by atomic mass is 10.1. The number of hydrogen-bond donors (Lipinski definition) is 3. The topological polar surface area (TPSA) is 92.5 Å². The third-order valence-corrected chi connectivity index (χ3v) is 4.14. The highest BCUT2D eigenvalue weighted by atomic mass is 32.2. The molecule has 90 valence electrons. The quantitative estimate of drug-likeness (QED) is 0.755. The van der Waals surface area contributed by atoms with Crippen LogP contribution in [0.2, 0.25) is 0 Å². The van der Waals surface area contributed by atoms with Crippen LogP contribution in [0.5, 0.6) is 0 Å². The van der Waals surface area contributed by atoms with Crippen LogP contribution < -0.4 is 11.1 Å². The fourth-order valence-electron chi connectivity index (χ4n) is 1.97. The smallest absolute Gasteiger partial charge is 0.224 e. The first kappa shape index (κ1) is 10.6. The van der Waals surface area contributed by atoms with Crippen molar-refractivity contribution in [1.29, 1.82) is 0 Å². The number of nitrogens with one attached hydrogen (secondary N) is 2. The Balaban J connectivity index is 1.81. The lowest BCUT2D eigenvalue weighted by Gasteiger charge is -2.11. The van der Waals surface area contributed by atoms with Gasteiger partial charge in [-0.3, -0.25) is 5.10 Å². The Labute approximate surface area is 103 Å². The minimum atomic E-state index is 0.269. The Kier molecular flexibility index (Phi) is 2.76. The molecule has 1 unspecified atom stereocenters. The standard InChI is InChI=1S/C10H14N6S/c11-10-14-8(7-4-13-16-9(7)15-10)12-3-6-1-2-17-5-6/h4,6H,1-3,5H2,(H4,11,12,13,14,15,16). The molecule has 1 fully saturated rings. The molecule has 1 saturated heterocycles. The highest BCUT2D eigenvalue weighted by Gasteiger charge is 2.16. The van der Waals surface area contributed by atoms with Crippen molar-refractivity contribution in [2.45, 2.75) is 6.42 Å². The van der Waals surface area contributed by atoms with Crippen molar-refractivity contribution in [3.8, 4) is 0 Å². The molecule has 2 aromatic rings. The molecule has 3 heterocycles. The van der Waals surface area contributed by atoms with E-state index in [-0.39, 0.29) is 5.95 Å². The Morgan fingerprint density at radius 1 is 1.53 bits per heavy atom. The molecule has 3 rings (SSSR count). The van der Waals surface area contributed by atoms with Gasteiger partial charge in [0, 0.05) is 6.54 Å². The van der Waals surface area contributed by atoms with Crippen LogP contribution in [0.15, 0.2) is 6.20 Å². The average molecular weight is 250 g/mol. The molecule has 0 saturated carbocycles. The van der Waals surface area contributed by atoms with Gasteiger partial charge in [0.15, 0.2) is 5.65 Å². The molecular formula is C10H14N6S. The fourth-order valence-corrected chi connectivity index (χ4v) is 3.26. The number of thioether (sulfide) groups is 1. The first-order valence-corrected chi connectivity index (χ1v) is 6.76. The molecule has 0 spiro atoms. The van der Waals surface area contributed by atoms with Gasteiger partial charge in [-0.15, -0.1) is 0 Å². The van der Waals surface area contributed by atoms with Crippen molar-refractivity contribution in [1.82, 2.24) is 20.2 Å². The van der Waals surface area contributed by atoms with E-state index < -0.39 is 0 Å². The van der Waals surface area contributed by atoms with E-state index in [4.69, 9.17) is 5.73 Å². The van der Waals surface area contributed by atoms with Crippen LogP contribution in [-0.4, -0.2) is 38.2 Å². The molecule has 0 bridgehead atoms. The molecule has 17 heavy (non-hydrogen) atoms. The number of nitrogens with two attached hydrogens (primary N) is 1. The van der Waals surface area contributed by atoms with Gasteiger partial charge < -0.3 is 11.1 Å². The van der Waals surface area contributed by atoms with Gasteiger partial charge in [-0.1, -0.05) is 0 Å². The molecule has 0 amide bonds. The predicted octanol–water partition coefficient (Wildman–Crippen LogP) is 1.10. The van der Waals surface area contributed by atoms with Gasteiger partial charge in [-0.05, 0) is 23.8 Å². The highest BCUT2D eigenvalue weighted by Crippen LogP contribution is 2.25. The third kappa shape index (κ3) is 2.14. The van der Waals surface area contributed by atoms with Crippen LogP contribution in [0.3, 0.4) is 0 Å². The maximum absolute atomic E-state index is 5.65. The SMILES string of the molecule is Nc1nc(NCC2CCSC2)c2cn[nH]c2n1. The van der Waals surface area contributed by atoms with Crippen molar-refractivity contribution in [2.24, 2.45) is 5.92 Å². The van der Waals surface area contributed by atoms with Crippen molar-refractivity contribution in [3.63, 3.8) is 0 Å². The van der Waals surface area contributed by atoms with E-state index in [0.29, 0.717) is 5.65 Å². The zero-order valence-corrected chi connectivity index (χ0v) is 10.1. The molecule has 1 aliphatic rings. The normalized spacial score (nSPS) is 19.9. The summed E-state index contributed by atoms with van der Waals surface area (Å²) in [6, 6.07) is 0. The second-order valence-electron chi connectivity index (χ2n) is 4.17. The van der Waals surface area contributed by atoms with E-state index in [9.17, 15) is 0 Å². The van der Waals surface area contributed by atoms with Crippen LogP contribution in [0.4, 0.5) is 11.8 Å². The summed E-state index contributed by atoms with van der Waals surface area (Å²) in [4.78, 5) is 8.30. The Hall–Kier alpha value is -1.50. The molecule has 2 aromatic heterocycles. The van der Waals surface area contributed by atoms with Crippen LogP contribution in [0, 0.1) is 5.92 Å². The second kappa shape index (κ2) is 4.40. The Morgan fingerprint density at radius 2 is 2.47 bits per heavy atom. The first-order chi connectivity index (χ1) is 8.33. The predicted molar refractivity (Wildman–Crippen MR) is 70.0 cm³/mol. The van der Waals surface area contributed by atoms with Gasteiger partial charge in [0.05, 0.1) is 11.6 Å². The first-order valence-electron chi connectivity index (χ1n) is 5.61. The van der Waals surface area contributed by atoms with Crippen molar-refractivity contribution in [3.05, 3.63) is 6.20 Å². The zero-order chi connectivity index (χ0) is 11.7. The summed E-state index contributed by atoms with van der Waals surface area (Å²) in [5.41, 5.74) is 6.33. The molecule has 7 heteroatoms. The summed E-state index contributed by atoms with van der Waals surface area (Å²) in [6.45, 7) is 0.934. The van der Waals surface area contributed by atoms with Crippen molar-refractivity contribution < 1.29 is 0 Å². The maximum Gasteiger partial charge on any atom is 0.224 e. The van der Waals surface area contributed by atoms with Gasteiger partial charge in [-0.2, -0.15) is 26.8 Å². The third-order valence-electron chi connectivity index (χ3n) is 2.91. The molecule has 1 atom stereocenters. The fraction of sp³-hybridized carbons (Fsp3) is 0.500. The van der Waals surface area contributed by atoms with Crippen LogP contribution in [0.1, 0.15) is 6.42 Å². The number of hydrogen-bond acceptors (Lipinski definition) is 6. The van der Waals surface area contributed by atoms with Gasteiger partial charge in [0.1, 0.15) is 5.82 Å². The second-order valence-corrected chi connectivity index (χ2v) is 5.32. The van der Waals surface area contributed by atoms with Gasteiger partial charge in [-0.25, -0.2) is 0 Å². The lowest BCUT2D eigenvalue weighted by molar-refractivity contribution is 0.631. The molecular weight excluding hydrogens is 236 g/mol. The van der Waals surface area contributed by atoms with Crippen LogP contribution >= 0.6 is 11.8 Å². The molecule has 0 aromatic carbocycles. The van der Waals surface area contributed by atoms with E-state index in [1.54, 1.807) is 6.20 Å². The number of aromatic amines is 1. The largest absolute Gasteiger partial charge is 0.369 e. The van der Waals surface area contributed by atoms with Crippen molar-refractivity contribution in [2.75, 3.05) is 29.1 Å². The van der Waals surface area contributed by atoms with E-state index in [2.05, 4.69) is 25.5 Å². The number of anilines is 2. The Bertz CT molecular complexity index is 518. The molecule has 0 radical (unpaired) electrons. The van der Waals surface area contributed by atoms with Gasteiger partial charge >= 0.3 is 0 Å². The zero-order valence-electron chi connectivity index (χ0n) is 9.31.